The van der Waals surface area contributed by atoms with E-state index in [4.69, 9.17) is 5.73 Å². The zero-order valence-corrected chi connectivity index (χ0v) is 6.42. The summed E-state index contributed by atoms with van der Waals surface area (Å²) in [5, 5.41) is 0. The number of amides is 1. The molecule has 2 nitrogen and oxygen atoms in total. The number of carbonyl (C=O) groups excluding carboxylic acids is 1. The van der Waals surface area contributed by atoms with Gasteiger partial charge in [-0.25, -0.2) is 0 Å². The summed E-state index contributed by atoms with van der Waals surface area (Å²) >= 11 is 0. The fourth-order valence-corrected chi connectivity index (χ4v) is 0.607. The van der Waals surface area contributed by atoms with Crippen LogP contribution in [0, 0.1) is 0 Å². The topological polar surface area (TPSA) is 43.1 Å². The van der Waals surface area contributed by atoms with Gasteiger partial charge >= 0.3 is 0 Å². The zero-order valence-electron chi connectivity index (χ0n) is 6.42. The third kappa shape index (κ3) is 3.89. The Hall–Kier alpha value is -1.05. The predicted octanol–water partition coefficient (Wildman–Crippen LogP) is 1.38. The Bertz CT molecular complexity index is 168. The van der Waals surface area contributed by atoms with Crippen LogP contribution in [0.1, 0.15) is 20.3 Å². The molecule has 0 aromatic rings. The number of hydrogen-bond acceptors (Lipinski definition) is 1. The summed E-state index contributed by atoms with van der Waals surface area (Å²) < 4.78 is 0. The van der Waals surface area contributed by atoms with Crippen LogP contribution in [0.5, 0.6) is 0 Å². The van der Waals surface area contributed by atoms with E-state index in [2.05, 4.69) is 0 Å². The van der Waals surface area contributed by atoms with Crippen molar-refractivity contribution in [2.24, 2.45) is 5.73 Å². The average molecular weight is 139 g/mol. The van der Waals surface area contributed by atoms with Crippen LogP contribution in [0.2, 0.25) is 0 Å². The molecule has 0 saturated heterocycles. The third-order valence-electron chi connectivity index (χ3n) is 1.24. The Morgan fingerprint density at radius 2 is 2.10 bits per heavy atom. The molecule has 0 aromatic carbocycles. The van der Waals surface area contributed by atoms with Crippen molar-refractivity contribution in [3.05, 3.63) is 23.8 Å². The monoisotopic (exact) mass is 139 g/mol. The number of rotatable bonds is 3. The van der Waals surface area contributed by atoms with Gasteiger partial charge in [0.05, 0.1) is 0 Å². The van der Waals surface area contributed by atoms with Gasteiger partial charge in [-0.15, -0.1) is 0 Å². The second-order valence-corrected chi connectivity index (χ2v) is 1.95. The second kappa shape index (κ2) is 4.79. The van der Waals surface area contributed by atoms with Gasteiger partial charge in [0, 0.05) is 6.08 Å². The van der Waals surface area contributed by atoms with Gasteiger partial charge in [-0.05, 0) is 13.3 Å². The molecule has 0 aliphatic rings. The highest BCUT2D eigenvalue weighted by Crippen LogP contribution is 2.00. The molecule has 0 spiro atoms. The van der Waals surface area contributed by atoms with Crippen LogP contribution < -0.4 is 5.73 Å². The average Bonchev–Trinajstić information content (AvgIpc) is 1.90. The first-order valence-electron chi connectivity index (χ1n) is 3.33. The lowest BCUT2D eigenvalue weighted by atomic mass is 10.2. The molecule has 0 aliphatic heterocycles. The Balaban J connectivity index is 3.98. The smallest absolute Gasteiger partial charge is 0.241 e. The van der Waals surface area contributed by atoms with Gasteiger partial charge in [0.15, 0.2) is 0 Å². The molecule has 0 aromatic heterocycles. The second-order valence-electron chi connectivity index (χ2n) is 1.95. The number of primary amides is 1. The summed E-state index contributed by atoms with van der Waals surface area (Å²) in [6, 6.07) is 0. The fourth-order valence-electron chi connectivity index (χ4n) is 0.607. The number of nitrogens with two attached hydrogens (primary N) is 1. The van der Waals surface area contributed by atoms with Crippen molar-refractivity contribution in [3.8, 4) is 0 Å². The molecule has 1 amide bonds. The fraction of sp³-hybridized carbons (Fsp3) is 0.375. The van der Waals surface area contributed by atoms with Gasteiger partial charge in [-0.3, -0.25) is 4.79 Å². The normalized spacial score (nSPS) is 12.4. The van der Waals surface area contributed by atoms with Crippen LogP contribution in [0.4, 0.5) is 0 Å². The quantitative estimate of drug-likeness (QED) is 0.466. The van der Waals surface area contributed by atoms with Crippen LogP contribution in [-0.2, 0) is 4.79 Å². The number of carbonyl (C=O) groups is 1. The molecule has 0 rings (SSSR count). The highest BCUT2D eigenvalue weighted by atomic mass is 16.1. The van der Waals surface area contributed by atoms with E-state index in [9.17, 15) is 4.79 Å². The van der Waals surface area contributed by atoms with Crippen LogP contribution in [-0.4, -0.2) is 5.91 Å². The van der Waals surface area contributed by atoms with Crippen molar-refractivity contribution in [1.29, 1.82) is 0 Å². The molecule has 0 unspecified atom stereocenters. The first-order valence-corrected chi connectivity index (χ1v) is 3.33. The van der Waals surface area contributed by atoms with E-state index < -0.39 is 5.91 Å². The highest BCUT2D eigenvalue weighted by molar-refractivity contribution is 5.86. The molecule has 0 fully saturated rings. The summed E-state index contributed by atoms with van der Waals surface area (Å²) in [6.45, 7) is 3.96. The van der Waals surface area contributed by atoms with Gasteiger partial charge in [-0.2, -0.15) is 0 Å². The molecular formula is C8H13NO. The maximum atomic E-state index is 10.2. The molecule has 2 heteroatoms. The van der Waals surface area contributed by atoms with E-state index in [1.165, 1.54) is 6.08 Å². The Kier molecular flexibility index (Phi) is 4.29. The van der Waals surface area contributed by atoms with Crippen LogP contribution >= 0.6 is 0 Å². The van der Waals surface area contributed by atoms with Crippen molar-refractivity contribution in [1.82, 2.24) is 0 Å². The van der Waals surface area contributed by atoms with E-state index in [1.54, 1.807) is 6.08 Å². The van der Waals surface area contributed by atoms with Gasteiger partial charge in [0.1, 0.15) is 0 Å². The van der Waals surface area contributed by atoms with Crippen LogP contribution in [0.3, 0.4) is 0 Å². The minimum atomic E-state index is -0.396. The van der Waals surface area contributed by atoms with E-state index >= 15 is 0 Å². The first kappa shape index (κ1) is 8.95. The van der Waals surface area contributed by atoms with Crippen LogP contribution in [0.25, 0.3) is 0 Å². The van der Waals surface area contributed by atoms with Crippen molar-refractivity contribution >= 4 is 5.91 Å². The minimum absolute atomic E-state index is 0.396. The van der Waals surface area contributed by atoms with E-state index in [0.29, 0.717) is 0 Å². The number of allylic oxidation sites excluding steroid dienone is 3. The molecule has 0 aliphatic carbocycles. The molecule has 0 heterocycles. The molecule has 0 atom stereocenters. The summed E-state index contributed by atoms with van der Waals surface area (Å²) in [5.74, 6) is -0.396. The first-order chi connectivity index (χ1) is 4.70. The zero-order chi connectivity index (χ0) is 7.98. The van der Waals surface area contributed by atoms with Crippen molar-refractivity contribution in [2.75, 3.05) is 0 Å². The van der Waals surface area contributed by atoms with E-state index in [1.807, 2.05) is 19.9 Å². The summed E-state index contributed by atoms with van der Waals surface area (Å²) in [5.41, 5.74) is 6.02. The van der Waals surface area contributed by atoms with E-state index in [0.717, 1.165) is 12.0 Å². The molecule has 0 saturated carbocycles. The Morgan fingerprint density at radius 3 is 2.40 bits per heavy atom. The molecule has 0 bridgehead atoms. The summed E-state index contributed by atoms with van der Waals surface area (Å²) in [4.78, 5) is 10.2. The summed E-state index contributed by atoms with van der Waals surface area (Å²) in [7, 11) is 0. The molecule has 2 N–H and O–H groups in total. The van der Waals surface area contributed by atoms with Gasteiger partial charge in [0.25, 0.3) is 0 Å². The van der Waals surface area contributed by atoms with E-state index in [-0.39, 0.29) is 0 Å². The Labute approximate surface area is 61.4 Å². The predicted molar refractivity (Wildman–Crippen MR) is 42.4 cm³/mol. The molecule has 0 radical (unpaired) electrons. The van der Waals surface area contributed by atoms with Crippen molar-refractivity contribution in [3.63, 3.8) is 0 Å². The van der Waals surface area contributed by atoms with Gasteiger partial charge in [-0.1, -0.05) is 24.6 Å². The number of hydrogen-bond donors (Lipinski definition) is 1. The standard InChI is InChI=1S/C8H13NO/c1-3-7(4-2)5-6-8(9)10/h3,5-6H,4H2,1-2H3,(H2,9,10). The van der Waals surface area contributed by atoms with Crippen molar-refractivity contribution < 1.29 is 4.79 Å². The van der Waals surface area contributed by atoms with Crippen LogP contribution in [0.15, 0.2) is 23.8 Å². The lowest BCUT2D eigenvalue weighted by Gasteiger charge is -1.91. The molecule has 10 heavy (non-hydrogen) atoms. The lowest BCUT2D eigenvalue weighted by Crippen LogP contribution is -2.05. The van der Waals surface area contributed by atoms with Gasteiger partial charge < -0.3 is 5.73 Å². The molecular weight excluding hydrogens is 126 g/mol. The maximum absolute atomic E-state index is 10.2. The third-order valence-corrected chi connectivity index (χ3v) is 1.24. The lowest BCUT2D eigenvalue weighted by molar-refractivity contribution is -0.113. The van der Waals surface area contributed by atoms with Gasteiger partial charge in [0.2, 0.25) is 5.91 Å². The highest BCUT2D eigenvalue weighted by Gasteiger charge is 1.85. The maximum Gasteiger partial charge on any atom is 0.241 e. The molecule has 56 valence electrons. The minimum Gasteiger partial charge on any atom is -0.366 e. The SMILES string of the molecule is CC=C(C=CC(N)=O)CC. The Morgan fingerprint density at radius 1 is 1.50 bits per heavy atom. The summed E-state index contributed by atoms with van der Waals surface area (Å²) in [6.07, 6.45) is 6.00. The largest absolute Gasteiger partial charge is 0.366 e. The van der Waals surface area contributed by atoms with Crippen molar-refractivity contribution in [2.45, 2.75) is 20.3 Å².